The van der Waals surface area contributed by atoms with Crippen molar-refractivity contribution in [1.29, 1.82) is 0 Å². The summed E-state index contributed by atoms with van der Waals surface area (Å²) in [6, 6.07) is 12.6. The summed E-state index contributed by atoms with van der Waals surface area (Å²) in [5.74, 6) is 0.203. The van der Waals surface area contributed by atoms with Gasteiger partial charge < -0.3 is 28.7 Å². The lowest BCUT2D eigenvalue weighted by Gasteiger charge is -2.07. The highest BCUT2D eigenvalue weighted by molar-refractivity contribution is 5.96. The predicted octanol–water partition coefficient (Wildman–Crippen LogP) is 2.78. The number of methoxy groups -OCH3 is 1. The first-order valence-corrected chi connectivity index (χ1v) is 8.97. The Balaban J connectivity index is 1.35. The van der Waals surface area contributed by atoms with E-state index in [2.05, 4.69) is 5.32 Å². The van der Waals surface area contributed by atoms with Crippen molar-refractivity contribution >= 4 is 22.8 Å². The van der Waals surface area contributed by atoms with E-state index >= 15 is 0 Å². The smallest absolute Gasteiger partial charge is 0.375 e. The van der Waals surface area contributed by atoms with Gasteiger partial charge in [0.1, 0.15) is 5.58 Å². The molecular weight excluding hydrogens is 378 g/mol. The van der Waals surface area contributed by atoms with Gasteiger partial charge in [-0.25, -0.2) is 4.79 Å². The van der Waals surface area contributed by atoms with Crippen molar-refractivity contribution in [3.05, 3.63) is 59.4 Å². The molecule has 2 heterocycles. The summed E-state index contributed by atoms with van der Waals surface area (Å²) in [6.07, 6.45) is 0. The molecule has 0 unspecified atom stereocenters. The van der Waals surface area contributed by atoms with Gasteiger partial charge in [0.2, 0.25) is 12.6 Å². The van der Waals surface area contributed by atoms with Gasteiger partial charge in [0.25, 0.3) is 5.91 Å². The minimum atomic E-state index is -0.716. The average molecular weight is 397 g/mol. The molecule has 0 atom stereocenters. The molecule has 2 aromatic carbocycles. The highest BCUT2D eigenvalue weighted by Gasteiger charge is 2.22. The molecule has 1 aromatic heterocycles. The fraction of sp³-hybridized carbons (Fsp3) is 0.238. The number of rotatable bonds is 7. The zero-order chi connectivity index (χ0) is 20.2. The standard InChI is InChI=1S/C21H19NO7/c1-25-10-15-14-4-2-3-5-16(14)29-20(15)21(24)26-11-19(23)22-9-13-6-7-17-18(8-13)28-12-27-17/h2-8H,9-12H2,1H3,(H,22,23). The minimum Gasteiger partial charge on any atom is -0.454 e. The van der Waals surface area contributed by atoms with E-state index in [9.17, 15) is 9.59 Å². The number of furan rings is 1. The van der Waals surface area contributed by atoms with Gasteiger partial charge in [0.05, 0.1) is 6.61 Å². The molecule has 0 saturated heterocycles. The third kappa shape index (κ3) is 4.02. The Bertz CT molecular complexity index is 1060. The first-order valence-electron chi connectivity index (χ1n) is 8.97. The normalized spacial score (nSPS) is 12.2. The van der Waals surface area contributed by atoms with E-state index in [0.717, 1.165) is 10.9 Å². The highest BCUT2D eigenvalue weighted by Crippen LogP contribution is 2.32. The molecule has 0 fully saturated rings. The number of hydrogen-bond donors (Lipinski definition) is 1. The van der Waals surface area contributed by atoms with Crippen LogP contribution in [-0.4, -0.2) is 32.4 Å². The molecular formula is C21H19NO7. The molecule has 3 aromatic rings. The minimum absolute atomic E-state index is 0.0385. The van der Waals surface area contributed by atoms with Gasteiger partial charge in [-0.2, -0.15) is 0 Å². The van der Waals surface area contributed by atoms with Crippen molar-refractivity contribution in [3.63, 3.8) is 0 Å². The Morgan fingerprint density at radius 2 is 1.93 bits per heavy atom. The van der Waals surface area contributed by atoms with Crippen molar-refractivity contribution in [3.8, 4) is 11.5 Å². The second-order valence-corrected chi connectivity index (χ2v) is 6.38. The van der Waals surface area contributed by atoms with Crippen LogP contribution in [0.4, 0.5) is 0 Å². The van der Waals surface area contributed by atoms with E-state index in [0.29, 0.717) is 22.6 Å². The number of ether oxygens (including phenoxy) is 4. The molecule has 4 rings (SSSR count). The van der Waals surface area contributed by atoms with Gasteiger partial charge in [-0.3, -0.25) is 4.79 Å². The van der Waals surface area contributed by atoms with Crippen LogP contribution in [0.25, 0.3) is 11.0 Å². The van der Waals surface area contributed by atoms with Gasteiger partial charge in [-0.1, -0.05) is 24.3 Å². The van der Waals surface area contributed by atoms with Crippen molar-refractivity contribution in [2.45, 2.75) is 13.2 Å². The van der Waals surface area contributed by atoms with Crippen LogP contribution in [0.2, 0.25) is 0 Å². The molecule has 29 heavy (non-hydrogen) atoms. The van der Waals surface area contributed by atoms with Crippen LogP contribution in [0.5, 0.6) is 11.5 Å². The largest absolute Gasteiger partial charge is 0.454 e. The third-order valence-corrected chi connectivity index (χ3v) is 4.43. The van der Waals surface area contributed by atoms with Crippen LogP contribution < -0.4 is 14.8 Å². The number of nitrogens with one attached hydrogen (secondary N) is 1. The molecule has 0 radical (unpaired) electrons. The first kappa shape index (κ1) is 18.8. The Hall–Kier alpha value is -3.52. The second kappa shape index (κ2) is 8.24. The van der Waals surface area contributed by atoms with Crippen LogP contribution in [0.3, 0.4) is 0 Å². The zero-order valence-electron chi connectivity index (χ0n) is 15.7. The van der Waals surface area contributed by atoms with Gasteiger partial charge in [0.15, 0.2) is 18.1 Å². The summed E-state index contributed by atoms with van der Waals surface area (Å²) < 4.78 is 26.4. The number of hydrogen-bond acceptors (Lipinski definition) is 7. The number of para-hydroxylation sites is 1. The average Bonchev–Trinajstić information content (AvgIpc) is 3.35. The summed E-state index contributed by atoms with van der Waals surface area (Å²) in [5.41, 5.74) is 1.99. The maximum Gasteiger partial charge on any atom is 0.375 e. The maximum atomic E-state index is 12.4. The van der Waals surface area contributed by atoms with Gasteiger partial charge in [0, 0.05) is 24.6 Å². The van der Waals surface area contributed by atoms with E-state index in [4.69, 9.17) is 23.4 Å². The molecule has 0 spiro atoms. The zero-order valence-corrected chi connectivity index (χ0v) is 15.7. The molecule has 0 bridgehead atoms. The van der Waals surface area contributed by atoms with E-state index in [1.54, 1.807) is 24.3 Å². The fourth-order valence-electron chi connectivity index (χ4n) is 3.05. The lowest BCUT2D eigenvalue weighted by Crippen LogP contribution is -2.28. The number of carbonyl (C=O) groups is 2. The molecule has 1 amide bonds. The second-order valence-electron chi connectivity index (χ2n) is 6.38. The van der Waals surface area contributed by atoms with Crippen molar-refractivity contribution in [1.82, 2.24) is 5.32 Å². The fourth-order valence-corrected chi connectivity index (χ4v) is 3.05. The Labute approximate surface area is 166 Å². The molecule has 150 valence electrons. The van der Waals surface area contributed by atoms with Crippen LogP contribution in [0, 0.1) is 0 Å². The summed E-state index contributed by atoms with van der Waals surface area (Å²) in [5, 5.41) is 3.47. The lowest BCUT2D eigenvalue weighted by atomic mass is 10.1. The molecule has 8 heteroatoms. The molecule has 1 aliphatic rings. The van der Waals surface area contributed by atoms with E-state index in [-0.39, 0.29) is 25.7 Å². The Morgan fingerprint density at radius 3 is 2.79 bits per heavy atom. The highest BCUT2D eigenvalue weighted by atomic mass is 16.7. The number of carbonyl (C=O) groups excluding carboxylic acids is 2. The monoisotopic (exact) mass is 397 g/mol. The number of amides is 1. The van der Waals surface area contributed by atoms with Crippen LogP contribution >= 0.6 is 0 Å². The predicted molar refractivity (Wildman–Crippen MR) is 102 cm³/mol. The van der Waals surface area contributed by atoms with E-state index in [1.165, 1.54) is 7.11 Å². The third-order valence-electron chi connectivity index (χ3n) is 4.43. The summed E-state index contributed by atoms with van der Waals surface area (Å²) >= 11 is 0. The Kier molecular flexibility index (Phi) is 5.35. The summed E-state index contributed by atoms with van der Waals surface area (Å²) in [7, 11) is 1.53. The first-order chi connectivity index (χ1) is 14.2. The van der Waals surface area contributed by atoms with E-state index < -0.39 is 18.5 Å². The number of esters is 1. The topological polar surface area (TPSA) is 96.2 Å². The maximum absolute atomic E-state index is 12.4. The molecule has 0 aliphatic carbocycles. The summed E-state index contributed by atoms with van der Waals surface area (Å²) in [4.78, 5) is 24.5. The van der Waals surface area contributed by atoms with Gasteiger partial charge >= 0.3 is 5.97 Å². The molecule has 8 nitrogen and oxygen atoms in total. The lowest BCUT2D eigenvalue weighted by molar-refractivity contribution is -0.124. The van der Waals surface area contributed by atoms with Crippen molar-refractivity contribution in [2.75, 3.05) is 20.5 Å². The van der Waals surface area contributed by atoms with Gasteiger partial charge in [-0.15, -0.1) is 0 Å². The molecule has 0 saturated carbocycles. The Morgan fingerprint density at radius 1 is 1.10 bits per heavy atom. The molecule has 1 N–H and O–H groups in total. The van der Waals surface area contributed by atoms with Crippen LogP contribution in [0.1, 0.15) is 21.7 Å². The van der Waals surface area contributed by atoms with Gasteiger partial charge in [-0.05, 0) is 23.8 Å². The number of benzene rings is 2. The van der Waals surface area contributed by atoms with Crippen molar-refractivity contribution < 1.29 is 33.0 Å². The van der Waals surface area contributed by atoms with Crippen LogP contribution in [-0.2, 0) is 27.4 Å². The van der Waals surface area contributed by atoms with E-state index in [1.807, 2.05) is 18.2 Å². The van der Waals surface area contributed by atoms with Crippen LogP contribution in [0.15, 0.2) is 46.9 Å². The quantitative estimate of drug-likeness (QED) is 0.613. The number of fused-ring (bicyclic) bond motifs is 2. The SMILES string of the molecule is COCc1c(C(=O)OCC(=O)NCc2ccc3c(c2)OCO3)oc2ccccc12. The molecule has 1 aliphatic heterocycles. The van der Waals surface area contributed by atoms with Crippen molar-refractivity contribution in [2.24, 2.45) is 0 Å². The summed E-state index contributed by atoms with van der Waals surface area (Å²) in [6.45, 7) is 0.227.